The normalized spacial score (nSPS) is 24.4. The number of phenols is 1. The Labute approximate surface area is 191 Å². The zero-order valence-electron chi connectivity index (χ0n) is 20.3. The highest BCUT2D eigenvalue weighted by Gasteiger charge is 2.35. The monoisotopic (exact) mass is 442 g/mol. The topological polar surface area (TPSA) is 56.8 Å². The zero-order valence-corrected chi connectivity index (χ0v) is 20.3. The fourth-order valence-electron chi connectivity index (χ4n) is 5.69. The largest absolute Gasteiger partial charge is 0.502 e. The molecule has 2 aliphatic heterocycles. The SMILES string of the molecule is CC[C@@H]1c2c(cc(OC)c(O)c2Oc2cc3c(cc2OC)CC[NH+](C)[C@H]3CC)CC[NH+]1C. The van der Waals surface area contributed by atoms with Crippen molar-refractivity contribution < 1.29 is 29.1 Å². The van der Waals surface area contributed by atoms with E-state index in [1.165, 1.54) is 26.5 Å². The van der Waals surface area contributed by atoms with Gasteiger partial charge < -0.3 is 29.1 Å². The van der Waals surface area contributed by atoms with Crippen molar-refractivity contribution >= 4 is 0 Å². The van der Waals surface area contributed by atoms with Crippen LogP contribution >= 0.6 is 0 Å². The van der Waals surface area contributed by atoms with Gasteiger partial charge in [0.05, 0.1) is 47.0 Å². The molecule has 0 saturated carbocycles. The van der Waals surface area contributed by atoms with E-state index in [2.05, 4.69) is 40.1 Å². The number of likely N-dealkylation sites (N-methyl/N-ethyl adjacent to an activating group) is 2. The summed E-state index contributed by atoms with van der Waals surface area (Å²) in [5.41, 5.74) is 4.93. The lowest BCUT2D eigenvalue weighted by Gasteiger charge is -2.34. The summed E-state index contributed by atoms with van der Waals surface area (Å²) in [5, 5.41) is 11.1. The van der Waals surface area contributed by atoms with Crippen molar-refractivity contribution in [2.24, 2.45) is 0 Å². The molecule has 0 amide bonds. The summed E-state index contributed by atoms with van der Waals surface area (Å²) in [6, 6.07) is 6.92. The van der Waals surface area contributed by atoms with E-state index < -0.39 is 0 Å². The van der Waals surface area contributed by atoms with Gasteiger partial charge in [0.2, 0.25) is 5.75 Å². The van der Waals surface area contributed by atoms with Crippen LogP contribution in [0, 0.1) is 0 Å². The van der Waals surface area contributed by atoms with Crippen molar-refractivity contribution in [3.8, 4) is 28.7 Å². The third kappa shape index (κ3) is 3.80. The molecular formula is C26H38N2O4+2. The second kappa shape index (κ2) is 9.20. The lowest BCUT2D eigenvalue weighted by Crippen LogP contribution is -3.10. The second-order valence-electron chi connectivity index (χ2n) is 9.25. The van der Waals surface area contributed by atoms with Gasteiger partial charge in [-0.1, -0.05) is 13.8 Å². The second-order valence-corrected chi connectivity index (χ2v) is 9.25. The van der Waals surface area contributed by atoms with Crippen molar-refractivity contribution in [3.05, 3.63) is 40.5 Å². The number of quaternary nitrogens is 2. The number of methoxy groups -OCH3 is 2. The first-order valence-corrected chi connectivity index (χ1v) is 11.9. The molecule has 4 rings (SSSR count). The molecule has 2 aromatic rings. The maximum absolute atomic E-state index is 11.1. The van der Waals surface area contributed by atoms with E-state index in [9.17, 15) is 5.11 Å². The van der Waals surface area contributed by atoms with Crippen LogP contribution in [0.4, 0.5) is 0 Å². The Balaban J connectivity index is 1.87. The average molecular weight is 443 g/mol. The zero-order chi connectivity index (χ0) is 23.0. The van der Waals surface area contributed by atoms with E-state index in [0.717, 1.165) is 44.3 Å². The van der Waals surface area contributed by atoms with Gasteiger partial charge in [-0.05, 0) is 29.3 Å². The smallest absolute Gasteiger partial charge is 0.201 e. The third-order valence-electron chi connectivity index (χ3n) is 7.51. The number of hydrogen-bond donors (Lipinski definition) is 3. The predicted molar refractivity (Wildman–Crippen MR) is 125 cm³/mol. The van der Waals surface area contributed by atoms with Crippen LogP contribution in [-0.2, 0) is 12.8 Å². The molecule has 6 heteroatoms. The summed E-state index contributed by atoms with van der Waals surface area (Å²) in [5.74, 6) is 2.39. The van der Waals surface area contributed by atoms with E-state index in [1.54, 1.807) is 14.2 Å². The van der Waals surface area contributed by atoms with Gasteiger partial charge in [-0.25, -0.2) is 0 Å². The Morgan fingerprint density at radius 3 is 2.06 bits per heavy atom. The molecule has 0 bridgehead atoms. The van der Waals surface area contributed by atoms with Crippen LogP contribution in [0.2, 0.25) is 0 Å². The van der Waals surface area contributed by atoms with Gasteiger partial charge in [-0.3, -0.25) is 0 Å². The van der Waals surface area contributed by atoms with Gasteiger partial charge in [-0.15, -0.1) is 0 Å². The van der Waals surface area contributed by atoms with Gasteiger partial charge in [-0.2, -0.15) is 0 Å². The average Bonchev–Trinajstić information content (AvgIpc) is 2.80. The molecule has 4 atom stereocenters. The van der Waals surface area contributed by atoms with Crippen molar-refractivity contribution in [1.82, 2.24) is 0 Å². The van der Waals surface area contributed by atoms with Crippen LogP contribution in [0.5, 0.6) is 28.7 Å². The molecule has 2 heterocycles. The number of rotatable bonds is 6. The van der Waals surface area contributed by atoms with Gasteiger partial charge in [0, 0.05) is 31.2 Å². The first-order chi connectivity index (χ1) is 15.4. The van der Waals surface area contributed by atoms with E-state index in [-0.39, 0.29) is 11.8 Å². The highest BCUT2D eigenvalue weighted by Crippen LogP contribution is 2.48. The Bertz CT molecular complexity index is 991. The number of fused-ring (bicyclic) bond motifs is 2. The highest BCUT2D eigenvalue weighted by molar-refractivity contribution is 5.62. The summed E-state index contributed by atoms with van der Waals surface area (Å²) in [6.45, 7) is 6.60. The summed E-state index contributed by atoms with van der Waals surface area (Å²) < 4.78 is 17.8. The van der Waals surface area contributed by atoms with Gasteiger partial charge in [0.25, 0.3) is 0 Å². The lowest BCUT2D eigenvalue weighted by atomic mass is 9.89. The molecule has 0 aromatic heterocycles. The van der Waals surface area contributed by atoms with E-state index in [1.807, 2.05) is 6.07 Å². The number of hydrogen-bond acceptors (Lipinski definition) is 4. The number of phenolic OH excluding ortho intramolecular Hbond substituents is 1. The summed E-state index contributed by atoms with van der Waals surface area (Å²) in [7, 11) is 7.75. The molecule has 6 nitrogen and oxygen atoms in total. The van der Waals surface area contributed by atoms with Crippen LogP contribution in [0.3, 0.4) is 0 Å². The maximum Gasteiger partial charge on any atom is 0.201 e. The molecule has 2 aliphatic rings. The molecule has 0 radical (unpaired) electrons. The van der Waals surface area contributed by atoms with Crippen LogP contribution in [-0.4, -0.2) is 46.5 Å². The molecule has 0 fully saturated rings. The fraction of sp³-hybridized carbons (Fsp3) is 0.538. The van der Waals surface area contributed by atoms with Crippen molar-refractivity contribution in [1.29, 1.82) is 0 Å². The molecule has 2 aromatic carbocycles. The molecule has 32 heavy (non-hydrogen) atoms. The Morgan fingerprint density at radius 1 is 0.844 bits per heavy atom. The van der Waals surface area contributed by atoms with Crippen molar-refractivity contribution in [3.63, 3.8) is 0 Å². The minimum absolute atomic E-state index is 0.0639. The number of ether oxygens (including phenoxy) is 3. The molecule has 3 N–H and O–H groups in total. The summed E-state index contributed by atoms with van der Waals surface area (Å²) >= 11 is 0. The molecule has 0 spiro atoms. The quantitative estimate of drug-likeness (QED) is 0.642. The molecular weight excluding hydrogens is 404 g/mol. The Kier molecular flexibility index (Phi) is 6.54. The first kappa shape index (κ1) is 22.7. The molecule has 0 aliphatic carbocycles. The minimum Gasteiger partial charge on any atom is -0.502 e. The van der Waals surface area contributed by atoms with E-state index >= 15 is 0 Å². The Morgan fingerprint density at radius 2 is 1.44 bits per heavy atom. The van der Waals surface area contributed by atoms with Crippen LogP contribution in [0.15, 0.2) is 18.2 Å². The minimum atomic E-state index is 0.0639. The standard InChI is InChI=1S/C26H36N2O4/c1-7-19-18-15-22(21(30-5)13-16(18)9-11-27(19)3)32-26-24-17(14-23(31-6)25(26)29)10-12-28(4)20(24)8-2/h13-15,19-20,29H,7-12H2,1-6H3/p+2/t19-,20+/m0/s1. The van der Waals surface area contributed by atoms with Gasteiger partial charge in [0.15, 0.2) is 23.0 Å². The van der Waals surface area contributed by atoms with Crippen molar-refractivity contribution in [2.75, 3.05) is 41.4 Å². The predicted octanol–water partition coefficient (Wildman–Crippen LogP) is 2.25. The first-order valence-electron chi connectivity index (χ1n) is 11.9. The summed E-state index contributed by atoms with van der Waals surface area (Å²) in [4.78, 5) is 2.96. The summed E-state index contributed by atoms with van der Waals surface area (Å²) in [6.07, 6.45) is 3.99. The van der Waals surface area contributed by atoms with Crippen LogP contribution in [0.25, 0.3) is 0 Å². The Hall–Kier alpha value is -2.44. The maximum atomic E-state index is 11.1. The van der Waals surface area contributed by atoms with E-state index in [4.69, 9.17) is 14.2 Å². The highest BCUT2D eigenvalue weighted by atomic mass is 16.5. The van der Waals surface area contributed by atoms with Gasteiger partial charge >= 0.3 is 0 Å². The lowest BCUT2D eigenvalue weighted by molar-refractivity contribution is -0.914. The molecule has 2 unspecified atom stereocenters. The van der Waals surface area contributed by atoms with Crippen molar-refractivity contribution in [2.45, 2.75) is 51.6 Å². The van der Waals surface area contributed by atoms with Crippen LogP contribution < -0.4 is 24.0 Å². The van der Waals surface area contributed by atoms with E-state index in [0.29, 0.717) is 29.0 Å². The third-order valence-corrected chi connectivity index (χ3v) is 7.51. The molecule has 174 valence electrons. The molecule has 0 saturated heterocycles. The van der Waals surface area contributed by atoms with Crippen LogP contribution in [0.1, 0.15) is 61.0 Å². The van der Waals surface area contributed by atoms with Gasteiger partial charge in [0.1, 0.15) is 12.1 Å². The number of aromatic hydroxyl groups is 1. The number of benzene rings is 2. The fourth-order valence-corrected chi connectivity index (χ4v) is 5.69. The number of nitrogens with one attached hydrogen (secondary N) is 2.